The maximum atomic E-state index is 13.7. The Balaban J connectivity index is -0.00000263. The maximum absolute atomic E-state index is 13.7. The van der Waals surface area contributed by atoms with Crippen molar-refractivity contribution in [3.8, 4) is 0 Å². The van der Waals surface area contributed by atoms with E-state index >= 15 is 0 Å². The number of ketones is 3. The number of guanidine groups is 1. The lowest BCUT2D eigenvalue weighted by molar-refractivity contribution is -0.138. The van der Waals surface area contributed by atoms with E-state index in [1.54, 1.807) is 4.98 Å². The minimum Gasteiger partial charge on any atom is -0.370 e. The van der Waals surface area contributed by atoms with Gasteiger partial charge in [0.15, 0.2) is 23.3 Å². The Kier molecular flexibility index (Phi) is 50.0. The molecule has 496 valence electrons. The van der Waals surface area contributed by atoms with E-state index in [9.17, 15) is 61.9 Å². The Morgan fingerprint density at radius 1 is 0.814 bits per heavy atom. The molecule has 2 saturated heterocycles. The van der Waals surface area contributed by atoms with Crippen molar-refractivity contribution in [3.05, 3.63) is 32.9 Å². The number of nitrogens with one attached hydrogen (secondary N) is 4. The summed E-state index contributed by atoms with van der Waals surface area (Å²) in [6, 6.07) is -1.40. The van der Waals surface area contributed by atoms with Crippen LogP contribution in [0.15, 0.2) is 20.8 Å². The molecular formula is C59H110FN13O12S. The number of thioether (sulfide) groups is 1. The van der Waals surface area contributed by atoms with Crippen LogP contribution in [0.1, 0.15) is 199 Å². The number of imide groups is 1. The fraction of sp³-hybridized carbons (Fsp3) is 0.746. The number of likely N-dealkylation sites (tertiary alicyclic amines) is 2. The van der Waals surface area contributed by atoms with Crippen LogP contribution in [0.5, 0.6) is 0 Å². The van der Waals surface area contributed by atoms with Crippen molar-refractivity contribution >= 4 is 76.4 Å². The van der Waals surface area contributed by atoms with Crippen LogP contribution >= 0.6 is 11.8 Å². The van der Waals surface area contributed by atoms with E-state index < -0.39 is 119 Å². The van der Waals surface area contributed by atoms with Crippen molar-refractivity contribution in [2.75, 3.05) is 51.6 Å². The molecule has 1 aromatic rings. The van der Waals surface area contributed by atoms with Gasteiger partial charge >= 0.3 is 5.69 Å². The number of rotatable bonds is 34. The monoisotopic (exact) mass is 1240 g/mol. The fourth-order valence-electron chi connectivity index (χ4n) is 8.66. The topological polar surface area (TPSA) is 411 Å². The number of unbranched alkanes of at least 4 members (excludes halogenated alkanes) is 2. The number of H-pyrrole nitrogens is 1. The van der Waals surface area contributed by atoms with Gasteiger partial charge in [0.25, 0.3) is 11.5 Å². The molecule has 25 nitrogen and oxygen atoms in total. The molecule has 1 aromatic heterocycles. The number of aliphatic imine (C=N–C) groups is 1. The van der Waals surface area contributed by atoms with Crippen molar-refractivity contribution in [2.24, 2.45) is 50.9 Å². The van der Waals surface area contributed by atoms with Gasteiger partial charge in [0.1, 0.15) is 6.54 Å². The summed E-state index contributed by atoms with van der Waals surface area (Å²) in [5.41, 5.74) is 24.5. The van der Waals surface area contributed by atoms with E-state index in [0.29, 0.717) is 56.3 Å². The van der Waals surface area contributed by atoms with Crippen LogP contribution in [0.2, 0.25) is 0 Å². The molecule has 0 bridgehead atoms. The van der Waals surface area contributed by atoms with Gasteiger partial charge < -0.3 is 44.6 Å². The van der Waals surface area contributed by atoms with Crippen LogP contribution in [0.4, 0.5) is 4.39 Å². The number of primary amides is 1. The lowest BCUT2D eigenvalue weighted by Gasteiger charge is -2.27. The first-order valence-electron chi connectivity index (χ1n) is 30.8. The molecule has 0 radical (unpaired) electrons. The molecule has 3 unspecified atom stereocenters. The third kappa shape index (κ3) is 33.6. The van der Waals surface area contributed by atoms with Crippen LogP contribution in [-0.4, -0.2) is 159 Å². The molecule has 3 rings (SSSR count). The molecule has 3 heterocycles. The van der Waals surface area contributed by atoms with Crippen LogP contribution in [-0.2, 0) is 43.2 Å². The molecule has 0 spiro atoms. The predicted molar refractivity (Wildman–Crippen MR) is 339 cm³/mol. The zero-order valence-electron chi connectivity index (χ0n) is 54.5. The number of carbonyl (C=O) groups excluding carboxylic acids is 10. The molecule has 14 N–H and O–H groups in total. The number of nitrogens with two attached hydrogens (primary N) is 5. The molecular weight excluding hydrogens is 1130 g/mol. The van der Waals surface area contributed by atoms with E-state index in [0.717, 1.165) is 44.0 Å². The number of hydrogen-bond acceptors (Lipinski definition) is 17. The standard InChI is InChI=1S/C47H74FN13O12S.6C2H6/c1-27(62)57-33(12-5-7-15-54-41(69)28(10-8-16-55-45(52)53)19-35(64)34-13-9-17-59(34)23-30(50)11-4-6-14-49)36(65)21-47(2,3)44(72)56-22-31(63)18-29(40(51)68)26-74-37-20-38(66)60(43(37)71)25-39(67)61-24-32(48)42(70)58-46(61)73;6*1-2/h24,28-30,33-34,37H,4-23,25-26,49-50H2,1-3H3,(H2,51,68)(H,54,69)(H,56,72)(H,57,62)(H4,52,53,55)(H,58,70,73);6*1-2H3/t28-,29+,30?,33?,34+,37?;;;;;;/m1....../s1. The van der Waals surface area contributed by atoms with Gasteiger partial charge in [-0.05, 0) is 70.9 Å². The zero-order valence-corrected chi connectivity index (χ0v) is 55.3. The number of aromatic nitrogens is 2. The van der Waals surface area contributed by atoms with Gasteiger partial charge in [-0.3, -0.25) is 72.5 Å². The molecule has 2 fully saturated rings. The normalized spacial score (nSPS) is 15.5. The first-order valence-corrected chi connectivity index (χ1v) is 31.8. The van der Waals surface area contributed by atoms with Crippen LogP contribution < -0.4 is 55.9 Å². The Bertz CT molecular complexity index is 2360. The number of aromatic amines is 1. The Labute approximate surface area is 514 Å². The highest BCUT2D eigenvalue weighted by molar-refractivity contribution is 8.00. The van der Waals surface area contributed by atoms with Gasteiger partial charge in [-0.15, -0.1) is 11.8 Å². The second-order valence-corrected chi connectivity index (χ2v) is 20.7. The van der Waals surface area contributed by atoms with E-state index in [2.05, 4.69) is 25.8 Å². The van der Waals surface area contributed by atoms with Crippen LogP contribution in [0.3, 0.4) is 0 Å². The van der Waals surface area contributed by atoms with E-state index in [-0.39, 0.29) is 72.4 Å². The van der Waals surface area contributed by atoms with Gasteiger partial charge in [-0.2, -0.15) is 4.39 Å². The number of nitrogens with zero attached hydrogens (tertiary/aromatic N) is 4. The van der Waals surface area contributed by atoms with E-state index in [4.69, 9.17) is 28.7 Å². The molecule has 2 aliphatic rings. The van der Waals surface area contributed by atoms with Crippen molar-refractivity contribution in [1.29, 1.82) is 0 Å². The third-order valence-electron chi connectivity index (χ3n) is 12.8. The van der Waals surface area contributed by atoms with E-state index in [1.807, 2.05) is 83.1 Å². The number of carbonyl (C=O) groups is 10. The second-order valence-electron chi connectivity index (χ2n) is 19.4. The van der Waals surface area contributed by atoms with Gasteiger partial charge in [-0.25, -0.2) is 9.36 Å². The summed E-state index contributed by atoms with van der Waals surface area (Å²) in [6.45, 7) is 29.1. The van der Waals surface area contributed by atoms with Crippen molar-refractivity contribution in [2.45, 2.75) is 217 Å². The second kappa shape index (κ2) is 49.9. The van der Waals surface area contributed by atoms with Crippen molar-refractivity contribution in [3.63, 3.8) is 0 Å². The average Bonchev–Trinajstić information content (AvgIpc) is 2.50. The minimum atomic E-state index is -1.45. The number of Topliss-reactive ketones (excluding diaryl/α,β-unsaturated/α-hetero) is 3. The molecule has 6 amide bonds. The molecule has 27 heteroatoms. The molecule has 0 aromatic carbocycles. The Morgan fingerprint density at radius 2 is 1.42 bits per heavy atom. The van der Waals surface area contributed by atoms with Gasteiger partial charge in [-0.1, -0.05) is 103 Å². The summed E-state index contributed by atoms with van der Waals surface area (Å²) in [6.07, 6.45) is 5.10. The van der Waals surface area contributed by atoms with Gasteiger partial charge in [0.05, 0.1) is 41.4 Å². The first kappa shape index (κ1) is 86.3. The number of halogens is 1. The van der Waals surface area contributed by atoms with Crippen LogP contribution in [0, 0.1) is 23.1 Å². The molecule has 0 aliphatic carbocycles. The zero-order chi connectivity index (χ0) is 67.3. The van der Waals surface area contributed by atoms with E-state index in [1.165, 1.54) is 20.8 Å². The quantitative estimate of drug-likeness (QED) is 0.0205. The molecule has 6 atom stereocenters. The number of hydrogen-bond donors (Lipinski definition) is 9. The molecule has 86 heavy (non-hydrogen) atoms. The highest BCUT2D eigenvalue weighted by atomic mass is 32.2. The van der Waals surface area contributed by atoms with Crippen molar-refractivity contribution < 1.29 is 52.3 Å². The predicted octanol–water partition coefficient (Wildman–Crippen LogP) is 3.84. The summed E-state index contributed by atoms with van der Waals surface area (Å²) in [7, 11) is 0. The molecule has 2 aliphatic heterocycles. The first-order chi connectivity index (χ1) is 40.8. The maximum Gasteiger partial charge on any atom is 0.335 e. The minimum absolute atomic E-state index is 0.0293. The summed E-state index contributed by atoms with van der Waals surface area (Å²) in [5, 5.41) is 6.92. The number of amides is 6. The van der Waals surface area contributed by atoms with Crippen LogP contribution in [0.25, 0.3) is 0 Å². The Hall–Kier alpha value is -6.19. The lowest BCUT2D eigenvalue weighted by Crippen LogP contribution is -2.45. The largest absolute Gasteiger partial charge is 0.370 e. The Morgan fingerprint density at radius 3 is 1.99 bits per heavy atom. The summed E-state index contributed by atoms with van der Waals surface area (Å²) in [5.74, 6) is -9.85. The highest BCUT2D eigenvalue weighted by Crippen LogP contribution is 2.29. The summed E-state index contributed by atoms with van der Waals surface area (Å²) >= 11 is 0.820. The summed E-state index contributed by atoms with van der Waals surface area (Å²) < 4.78 is 13.9. The lowest BCUT2D eigenvalue weighted by atomic mass is 9.83. The van der Waals surface area contributed by atoms with Crippen molar-refractivity contribution in [1.82, 2.24) is 35.3 Å². The summed E-state index contributed by atoms with van der Waals surface area (Å²) in [4.78, 5) is 161. The molecule has 0 saturated carbocycles. The fourth-order valence-corrected chi connectivity index (χ4v) is 9.94. The highest BCUT2D eigenvalue weighted by Gasteiger charge is 2.41. The SMILES string of the molecule is CC.CC.CC.CC.CC.CC.CC(=O)NC(CCCCNC(=O)[C@H](CCCN=C(N)N)CC(=O)[C@@H]1CCCN1CC(N)CCCCN)C(=O)CC(C)(C)C(=O)NCC(=O)C[C@@H](CSC1CC(=O)N(CC(=O)n2cc(F)c(=O)[nH]c2=O)C1=O)C(N)=O. The smallest absolute Gasteiger partial charge is 0.335 e. The van der Waals surface area contributed by atoms with Gasteiger partial charge in [0.2, 0.25) is 41.3 Å². The van der Waals surface area contributed by atoms with Gasteiger partial charge in [0, 0.05) is 70.0 Å². The average molecular weight is 1240 g/mol. The third-order valence-corrected chi connectivity index (χ3v) is 14.1.